The molecule has 6 nitrogen and oxygen atoms in total. The van der Waals surface area contributed by atoms with Crippen LogP contribution in [0.15, 0.2) is 30.3 Å². The molecule has 3 amide bonds. The number of hydrogen-bond donors (Lipinski definition) is 3. The van der Waals surface area contributed by atoms with Crippen molar-refractivity contribution in [3.63, 3.8) is 0 Å². The predicted molar refractivity (Wildman–Crippen MR) is 102 cm³/mol. The minimum absolute atomic E-state index is 0.101. The number of amides is 3. The average molecular weight is 357 g/mol. The van der Waals surface area contributed by atoms with E-state index in [-0.39, 0.29) is 17.7 Å². The third-order valence-corrected chi connectivity index (χ3v) is 4.67. The summed E-state index contributed by atoms with van der Waals surface area (Å²) in [4.78, 5) is 36.4. The molecule has 0 aromatic heterocycles. The van der Waals surface area contributed by atoms with Crippen LogP contribution in [0.4, 0.5) is 0 Å². The van der Waals surface area contributed by atoms with Gasteiger partial charge in [0.2, 0.25) is 11.8 Å². The largest absolute Gasteiger partial charge is 0.355 e. The van der Waals surface area contributed by atoms with Gasteiger partial charge in [-0.25, -0.2) is 0 Å². The van der Waals surface area contributed by atoms with Crippen LogP contribution in [0.3, 0.4) is 0 Å². The average Bonchev–Trinajstić information content (AvgIpc) is 2.67. The van der Waals surface area contributed by atoms with Crippen molar-refractivity contribution >= 4 is 23.8 Å². The molecule has 6 heteroatoms. The summed E-state index contributed by atoms with van der Waals surface area (Å²) in [5.41, 5.74) is 0.564. The smallest absolute Gasteiger partial charge is 0.251 e. The van der Waals surface area contributed by atoms with Gasteiger partial charge in [-0.1, -0.05) is 31.4 Å². The normalized spacial score (nSPS) is 16.1. The molecule has 0 spiro atoms. The second-order valence-electron chi connectivity index (χ2n) is 6.53. The molecular formula is C20H27N3O3. The maximum absolute atomic E-state index is 12.5. The standard InChI is InChI=1S/C20H27N3O3/c1-3-22-19(26)20(13-5-4-6-14-20)23-17(24)12-9-15-7-10-16(11-8-15)18(25)21-2/h7-12H,3-6,13-14H2,1-2H3,(H,21,25)(H,22,26)(H,23,24)/b12-9-. The number of hydrogen-bond acceptors (Lipinski definition) is 3. The summed E-state index contributed by atoms with van der Waals surface area (Å²) in [5, 5.41) is 8.33. The first-order valence-electron chi connectivity index (χ1n) is 9.11. The third kappa shape index (κ3) is 4.94. The van der Waals surface area contributed by atoms with E-state index in [1.54, 1.807) is 37.4 Å². The van der Waals surface area contributed by atoms with Crippen LogP contribution in [0.2, 0.25) is 0 Å². The molecular weight excluding hydrogens is 330 g/mol. The molecule has 0 atom stereocenters. The molecule has 0 saturated heterocycles. The molecule has 3 N–H and O–H groups in total. The van der Waals surface area contributed by atoms with Crippen LogP contribution >= 0.6 is 0 Å². The molecule has 0 aliphatic heterocycles. The van der Waals surface area contributed by atoms with Crippen molar-refractivity contribution < 1.29 is 14.4 Å². The number of carbonyl (C=O) groups excluding carboxylic acids is 3. The summed E-state index contributed by atoms with van der Waals surface area (Å²) in [7, 11) is 1.58. The Morgan fingerprint density at radius 2 is 1.73 bits per heavy atom. The van der Waals surface area contributed by atoms with E-state index in [1.165, 1.54) is 6.08 Å². The van der Waals surface area contributed by atoms with E-state index in [0.717, 1.165) is 24.8 Å². The highest BCUT2D eigenvalue weighted by molar-refractivity contribution is 5.98. The van der Waals surface area contributed by atoms with Crippen molar-refractivity contribution in [3.05, 3.63) is 41.5 Å². The van der Waals surface area contributed by atoms with Gasteiger partial charge in [0.05, 0.1) is 0 Å². The molecule has 0 bridgehead atoms. The lowest BCUT2D eigenvalue weighted by Gasteiger charge is -2.36. The van der Waals surface area contributed by atoms with Gasteiger partial charge in [-0.05, 0) is 43.5 Å². The summed E-state index contributed by atoms with van der Waals surface area (Å²) in [6.45, 7) is 2.42. The Kier molecular flexibility index (Phi) is 6.95. The molecule has 0 unspecified atom stereocenters. The van der Waals surface area contributed by atoms with E-state index in [1.807, 2.05) is 6.92 Å². The van der Waals surface area contributed by atoms with Gasteiger partial charge in [0.25, 0.3) is 5.91 Å². The summed E-state index contributed by atoms with van der Waals surface area (Å²) < 4.78 is 0. The Morgan fingerprint density at radius 3 is 2.31 bits per heavy atom. The highest BCUT2D eigenvalue weighted by atomic mass is 16.2. The molecule has 1 aromatic rings. The molecule has 0 heterocycles. The molecule has 1 fully saturated rings. The number of benzene rings is 1. The number of rotatable bonds is 6. The zero-order valence-corrected chi connectivity index (χ0v) is 15.4. The second-order valence-corrected chi connectivity index (χ2v) is 6.53. The Bertz CT molecular complexity index is 674. The first kappa shape index (κ1) is 19.7. The predicted octanol–water partition coefficient (Wildman–Crippen LogP) is 2.01. The van der Waals surface area contributed by atoms with E-state index >= 15 is 0 Å². The monoisotopic (exact) mass is 357 g/mol. The zero-order valence-electron chi connectivity index (χ0n) is 15.4. The van der Waals surface area contributed by atoms with Gasteiger partial charge in [0.1, 0.15) is 5.54 Å². The van der Waals surface area contributed by atoms with Crippen molar-refractivity contribution in [2.45, 2.75) is 44.6 Å². The van der Waals surface area contributed by atoms with E-state index in [4.69, 9.17) is 0 Å². The van der Waals surface area contributed by atoms with Gasteiger partial charge >= 0.3 is 0 Å². The molecule has 1 aromatic carbocycles. The Labute approximate surface area is 154 Å². The third-order valence-electron chi connectivity index (χ3n) is 4.67. The van der Waals surface area contributed by atoms with Crippen LogP contribution in [0, 0.1) is 0 Å². The van der Waals surface area contributed by atoms with Crippen LogP contribution in [-0.4, -0.2) is 36.9 Å². The highest BCUT2D eigenvalue weighted by Crippen LogP contribution is 2.28. The first-order chi connectivity index (χ1) is 12.5. The molecule has 26 heavy (non-hydrogen) atoms. The van der Waals surface area contributed by atoms with E-state index in [2.05, 4.69) is 16.0 Å². The van der Waals surface area contributed by atoms with E-state index < -0.39 is 5.54 Å². The van der Waals surface area contributed by atoms with Gasteiger partial charge in [-0.15, -0.1) is 0 Å². The van der Waals surface area contributed by atoms with Gasteiger partial charge in [0.15, 0.2) is 0 Å². The highest BCUT2D eigenvalue weighted by Gasteiger charge is 2.40. The van der Waals surface area contributed by atoms with Gasteiger partial charge in [-0.3, -0.25) is 14.4 Å². The van der Waals surface area contributed by atoms with Crippen molar-refractivity contribution in [3.8, 4) is 0 Å². The van der Waals surface area contributed by atoms with Crippen LogP contribution in [0.1, 0.15) is 54.9 Å². The number of likely N-dealkylation sites (N-methyl/N-ethyl adjacent to an activating group) is 1. The lowest BCUT2D eigenvalue weighted by molar-refractivity contribution is -0.133. The van der Waals surface area contributed by atoms with Crippen molar-refractivity contribution in [1.82, 2.24) is 16.0 Å². The van der Waals surface area contributed by atoms with E-state index in [0.29, 0.717) is 24.9 Å². The minimum Gasteiger partial charge on any atom is -0.355 e. The SMILES string of the molecule is CCNC(=O)C1(NC(=O)/C=C\c2ccc(C(=O)NC)cc2)CCCCC1. The molecule has 1 saturated carbocycles. The van der Waals surface area contributed by atoms with Gasteiger partial charge < -0.3 is 16.0 Å². The Morgan fingerprint density at radius 1 is 1.08 bits per heavy atom. The summed E-state index contributed by atoms with van der Waals surface area (Å²) in [5.74, 6) is -0.538. The molecule has 0 radical (unpaired) electrons. The topological polar surface area (TPSA) is 87.3 Å². The van der Waals surface area contributed by atoms with Crippen LogP contribution < -0.4 is 16.0 Å². The quantitative estimate of drug-likeness (QED) is 0.681. The number of nitrogens with one attached hydrogen (secondary N) is 3. The van der Waals surface area contributed by atoms with Gasteiger partial charge in [-0.2, -0.15) is 0 Å². The first-order valence-corrected chi connectivity index (χ1v) is 9.11. The van der Waals surface area contributed by atoms with Crippen LogP contribution in [0.5, 0.6) is 0 Å². The Balaban J connectivity index is 2.04. The molecule has 1 aliphatic rings. The maximum atomic E-state index is 12.5. The summed E-state index contributed by atoms with van der Waals surface area (Å²) in [6.07, 6.45) is 7.40. The van der Waals surface area contributed by atoms with Crippen LogP contribution in [0.25, 0.3) is 6.08 Å². The van der Waals surface area contributed by atoms with Gasteiger partial charge in [0, 0.05) is 25.2 Å². The zero-order chi connectivity index (χ0) is 19.0. The van der Waals surface area contributed by atoms with Crippen LogP contribution in [-0.2, 0) is 9.59 Å². The fourth-order valence-electron chi connectivity index (χ4n) is 3.23. The molecule has 2 rings (SSSR count). The number of carbonyl (C=O) groups is 3. The van der Waals surface area contributed by atoms with Crippen molar-refractivity contribution in [2.24, 2.45) is 0 Å². The molecule has 140 valence electrons. The lowest BCUT2D eigenvalue weighted by Crippen LogP contribution is -2.59. The molecule has 1 aliphatic carbocycles. The van der Waals surface area contributed by atoms with Crippen molar-refractivity contribution in [1.29, 1.82) is 0 Å². The maximum Gasteiger partial charge on any atom is 0.251 e. The lowest BCUT2D eigenvalue weighted by atomic mass is 9.80. The van der Waals surface area contributed by atoms with Crippen molar-refractivity contribution in [2.75, 3.05) is 13.6 Å². The minimum atomic E-state index is -0.807. The van der Waals surface area contributed by atoms with E-state index in [9.17, 15) is 14.4 Å². The second kappa shape index (κ2) is 9.17. The Hall–Kier alpha value is -2.63. The summed E-state index contributed by atoms with van der Waals surface area (Å²) >= 11 is 0. The fraction of sp³-hybridized carbons (Fsp3) is 0.450. The fourth-order valence-corrected chi connectivity index (χ4v) is 3.23. The summed E-state index contributed by atoms with van der Waals surface area (Å²) in [6, 6.07) is 6.95.